The van der Waals surface area contributed by atoms with Crippen LogP contribution in [0.15, 0.2) is 30.5 Å². The quantitative estimate of drug-likeness (QED) is 0.892. The molecule has 1 fully saturated rings. The Labute approximate surface area is 108 Å². The number of aromatic nitrogens is 2. The molecule has 1 saturated carbocycles. The van der Waals surface area contributed by atoms with Gasteiger partial charge in [0, 0.05) is 37.0 Å². The number of nitrogens with one attached hydrogen (secondary N) is 1. The summed E-state index contributed by atoms with van der Waals surface area (Å²) in [5.41, 5.74) is 4.93. The SMILES string of the molecule is Cc1ccccc1-c1nn(C)cc1CNC1CC1. The van der Waals surface area contributed by atoms with Crippen LogP contribution in [0.5, 0.6) is 0 Å². The molecule has 0 aliphatic heterocycles. The van der Waals surface area contributed by atoms with Crippen LogP contribution in [-0.4, -0.2) is 15.8 Å². The van der Waals surface area contributed by atoms with Crippen LogP contribution in [0.4, 0.5) is 0 Å². The van der Waals surface area contributed by atoms with Crippen molar-refractivity contribution in [2.24, 2.45) is 7.05 Å². The minimum atomic E-state index is 0.731. The lowest BCUT2D eigenvalue weighted by atomic mass is 10.0. The zero-order chi connectivity index (χ0) is 12.5. The summed E-state index contributed by atoms with van der Waals surface area (Å²) in [7, 11) is 1.99. The van der Waals surface area contributed by atoms with Gasteiger partial charge in [-0.15, -0.1) is 0 Å². The smallest absolute Gasteiger partial charge is 0.0970 e. The van der Waals surface area contributed by atoms with Gasteiger partial charge >= 0.3 is 0 Å². The molecule has 1 aromatic carbocycles. The highest BCUT2D eigenvalue weighted by molar-refractivity contribution is 5.66. The molecule has 0 spiro atoms. The Bertz CT molecular complexity index is 553. The number of rotatable bonds is 4. The Morgan fingerprint density at radius 3 is 2.83 bits per heavy atom. The molecule has 0 bridgehead atoms. The van der Waals surface area contributed by atoms with Crippen molar-refractivity contribution in [3.05, 3.63) is 41.6 Å². The molecule has 0 radical (unpaired) electrons. The molecular weight excluding hydrogens is 222 g/mol. The molecule has 3 nitrogen and oxygen atoms in total. The summed E-state index contributed by atoms with van der Waals surface area (Å²) < 4.78 is 1.91. The van der Waals surface area contributed by atoms with Gasteiger partial charge < -0.3 is 5.32 Å². The molecule has 18 heavy (non-hydrogen) atoms. The number of nitrogens with zero attached hydrogens (tertiary/aromatic N) is 2. The number of hydrogen-bond donors (Lipinski definition) is 1. The Morgan fingerprint density at radius 2 is 2.11 bits per heavy atom. The van der Waals surface area contributed by atoms with E-state index in [9.17, 15) is 0 Å². The number of aryl methyl sites for hydroxylation is 2. The van der Waals surface area contributed by atoms with Crippen LogP contribution < -0.4 is 5.32 Å². The molecule has 2 aromatic rings. The van der Waals surface area contributed by atoms with Crippen LogP contribution in [0.1, 0.15) is 24.0 Å². The lowest BCUT2D eigenvalue weighted by molar-refractivity contribution is 0.687. The lowest BCUT2D eigenvalue weighted by Crippen LogP contribution is -2.15. The zero-order valence-corrected chi connectivity index (χ0v) is 11.0. The Hall–Kier alpha value is -1.61. The van der Waals surface area contributed by atoms with E-state index in [2.05, 4.69) is 47.8 Å². The average Bonchev–Trinajstić information content (AvgIpc) is 3.11. The summed E-state index contributed by atoms with van der Waals surface area (Å²) in [4.78, 5) is 0. The molecule has 0 unspecified atom stereocenters. The van der Waals surface area contributed by atoms with Crippen molar-refractivity contribution < 1.29 is 0 Å². The van der Waals surface area contributed by atoms with E-state index in [4.69, 9.17) is 0 Å². The molecule has 3 rings (SSSR count). The minimum absolute atomic E-state index is 0.731. The fourth-order valence-corrected chi connectivity index (χ4v) is 2.27. The van der Waals surface area contributed by atoms with E-state index in [0.29, 0.717) is 0 Å². The predicted octanol–water partition coefficient (Wildman–Crippen LogP) is 2.65. The largest absolute Gasteiger partial charge is 0.310 e. The number of hydrogen-bond acceptors (Lipinski definition) is 2. The van der Waals surface area contributed by atoms with Gasteiger partial charge in [-0.2, -0.15) is 5.10 Å². The van der Waals surface area contributed by atoms with Crippen LogP contribution in [0.25, 0.3) is 11.3 Å². The van der Waals surface area contributed by atoms with Crippen molar-refractivity contribution in [3.8, 4) is 11.3 Å². The van der Waals surface area contributed by atoms with Crippen molar-refractivity contribution in [2.75, 3.05) is 0 Å². The Morgan fingerprint density at radius 1 is 1.33 bits per heavy atom. The molecule has 0 amide bonds. The van der Waals surface area contributed by atoms with E-state index in [1.54, 1.807) is 0 Å². The lowest BCUT2D eigenvalue weighted by Gasteiger charge is -2.06. The highest BCUT2D eigenvalue weighted by Crippen LogP contribution is 2.26. The van der Waals surface area contributed by atoms with Gasteiger partial charge in [-0.05, 0) is 25.3 Å². The summed E-state index contributed by atoms with van der Waals surface area (Å²) in [5.74, 6) is 0. The summed E-state index contributed by atoms with van der Waals surface area (Å²) in [5, 5.41) is 8.18. The molecule has 0 saturated heterocycles. The van der Waals surface area contributed by atoms with Gasteiger partial charge in [0.25, 0.3) is 0 Å². The Balaban J connectivity index is 1.92. The van der Waals surface area contributed by atoms with Gasteiger partial charge in [0.2, 0.25) is 0 Å². The third-order valence-electron chi connectivity index (χ3n) is 3.46. The Kier molecular flexibility index (Phi) is 2.92. The van der Waals surface area contributed by atoms with Crippen molar-refractivity contribution >= 4 is 0 Å². The van der Waals surface area contributed by atoms with E-state index in [1.165, 1.54) is 29.5 Å². The fraction of sp³-hybridized carbons (Fsp3) is 0.400. The van der Waals surface area contributed by atoms with Crippen molar-refractivity contribution in [1.29, 1.82) is 0 Å². The average molecular weight is 241 g/mol. The van der Waals surface area contributed by atoms with E-state index in [0.717, 1.165) is 18.3 Å². The predicted molar refractivity (Wildman–Crippen MR) is 73.2 cm³/mol. The first kappa shape index (κ1) is 11.5. The summed E-state index contributed by atoms with van der Waals surface area (Å²) >= 11 is 0. The number of benzene rings is 1. The van der Waals surface area contributed by atoms with E-state index < -0.39 is 0 Å². The van der Waals surface area contributed by atoms with Crippen LogP contribution in [0, 0.1) is 6.92 Å². The maximum atomic E-state index is 4.62. The third kappa shape index (κ3) is 2.31. The van der Waals surface area contributed by atoms with Gasteiger partial charge in [-0.1, -0.05) is 24.3 Å². The van der Waals surface area contributed by atoms with E-state index in [-0.39, 0.29) is 0 Å². The van der Waals surface area contributed by atoms with E-state index >= 15 is 0 Å². The molecule has 1 aliphatic rings. The summed E-state index contributed by atoms with van der Waals surface area (Å²) in [6.07, 6.45) is 4.76. The first-order valence-corrected chi connectivity index (χ1v) is 6.56. The van der Waals surface area contributed by atoms with E-state index in [1.807, 2.05) is 11.7 Å². The first-order chi connectivity index (χ1) is 8.74. The van der Waals surface area contributed by atoms with Crippen LogP contribution >= 0.6 is 0 Å². The van der Waals surface area contributed by atoms with Crippen LogP contribution in [-0.2, 0) is 13.6 Å². The molecule has 0 atom stereocenters. The first-order valence-electron chi connectivity index (χ1n) is 6.56. The second kappa shape index (κ2) is 4.58. The molecule has 1 aliphatic carbocycles. The maximum absolute atomic E-state index is 4.62. The fourth-order valence-electron chi connectivity index (χ4n) is 2.27. The highest BCUT2D eigenvalue weighted by atomic mass is 15.3. The van der Waals surface area contributed by atoms with Crippen LogP contribution in [0.3, 0.4) is 0 Å². The van der Waals surface area contributed by atoms with Gasteiger partial charge in [0.05, 0.1) is 5.69 Å². The normalized spacial score (nSPS) is 15.0. The molecule has 3 heteroatoms. The van der Waals surface area contributed by atoms with Crippen molar-refractivity contribution in [2.45, 2.75) is 32.4 Å². The van der Waals surface area contributed by atoms with Gasteiger partial charge in [0.15, 0.2) is 0 Å². The summed E-state index contributed by atoms with van der Waals surface area (Å²) in [6.45, 7) is 3.06. The maximum Gasteiger partial charge on any atom is 0.0970 e. The molecule has 1 N–H and O–H groups in total. The summed E-state index contributed by atoms with van der Waals surface area (Å²) in [6, 6.07) is 9.18. The topological polar surface area (TPSA) is 29.9 Å². The third-order valence-corrected chi connectivity index (χ3v) is 3.46. The van der Waals surface area contributed by atoms with Crippen LogP contribution in [0.2, 0.25) is 0 Å². The monoisotopic (exact) mass is 241 g/mol. The van der Waals surface area contributed by atoms with Crippen molar-refractivity contribution in [1.82, 2.24) is 15.1 Å². The molecule has 1 aromatic heterocycles. The van der Waals surface area contributed by atoms with Gasteiger partial charge in [-0.25, -0.2) is 0 Å². The minimum Gasteiger partial charge on any atom is -0.310 e. The molecule has 94 valence electrons. The van der Waals surface area contributed by atoms with Crippen molar-refractivity contribution in [3.63, 3.8) is 0 Å². The zero-order valence-electron chi connectivity index (χ0n) is 11.0. The molecular formula is C15H19N3. The second-order valence-electron chi connectivity index (χ2n) is 5.15. The van der Waals surface area contributed by atoms with Gasteiger partial charge in [0.1, 0.15) is 0 Å². The molecule has 1 heterocycles. The van der Waals surface area contributed by atoms with Gasteiger partial charge in [-0.3, -0.25) is 4.68 Å². The second-order valence-corrected chi connectivity index (χ2v) is 5.15. The standard InChI is InChI=1S/C15H19N3/c1-11-5-3-4-6-14(11)15-12(10-18(2)17-15)9-16-13-7-8-13/h3-6,10,13,16H,7-9H2,1-2H3. The highest BCUT2D eigenvalue weighted by Gasteiger charge is 2.21.